The van der Waals surface area contributed by atoms with Crippen molar-refractivity contribution in [1.29, 1.82) is 0 Å². The Bertz CT molecular complexity index is 232. The standard InChI is InChI=1S/C14H28N2O/c1-12(2)16(3)11-14(6-8-17-9-7-14)10-15-13-4-5-13/h12-13,15H,4-11H2,1-3H3. The van der Waals surface area contributed by atoms with Crippen LogP contribution in [0.15, 0.2) is 0 Å². The molecule has 0 bridgehead atoms. The summed E-state index contributed by atoms with van der Waals surface area (Å²) in [5.41, 5.74) is 0.444. The van der Waals surface area contributed by atoms with Crippen molar-refractivity contribution < 1.29 is 4.74 Å². The lowest BCUT2D eigenvalue weighted by molar-refractivity contribution is -0.00479. The Labute approximate surface area is 106 Å². The third-order valence-electron chi connectivity index (χ3n) is 4.36. The Morgan fingerprint density at radius 2 is 1.94 bits per heavy atom. The molecule has 17 heavy (non-hydrogen) atoms. The first-order valence-corrected chi connectivity index (χ1v) is 7.13. The van der Waals surface area contributed by atoms with Gasteiger partial charge < -0.3 is 15.0 Å². The van der Waals surface area contributed by atoms with E-state index in [0.29, 0.717) is 11.5 Å². The van der Waals surface area contributed by atoms with Crippen molar-refractivity contribution in [1.82, 2.24) is 10.2 Å². The Kier molecular flexibility index (Phi) is 4.45. The fourth-order valence-corrected chi connectivity index (χ4v) is 2.56. The van der Waals surface area contributed by atoms with E-state index in [4.69, 9.17) is 4.74 Å². The van der Waals surface area contributed by atoms with Crippen molar-refractivity contribution in [3.05, 3.63) is 0 Å². The van der Waals surface area contributed by atoms with E-state index in [1.807, 2.05) is 0 Å². The van der Waals surface area contributed by atoms with Crippen LogP contribution in [-0.2, 0) is 4.74 Å². The number of rotatable bonds is 6. The van der Waals surface area contributed by atoms with Gasteiger partial charge in [-0.2, -0.15) is 0 Å². The molecular formula is C14H28N2O. The Hall–Kier alpha value is -0.120. The molecule has 3 heteroatoms. The highest BCUT2D eigenvalue weighted by atomic mass is 16.5. The van der Waals surface area contributed by atoms with Gasteiger partial charge in [-0.1, -0.05) is 0 Å². The molecule has 0 amide bonds. The number of hydrogen-bond acceptors (Lipinski definition) is 3. The highest BCUT2D eigenvalue weighted by Crippen LogP contribution is 2.32. The summed E-state index contributed by atoms with van der Waals surface area (Å²) >= 11 is 0. The summed E-state index contributed by atoms with van der Waals surface area (Å²) in [4.78, 5) is 2.49. The van der Waals surface area contributed by atoms with Crippen molar-refractivity contribution in [3.63, 3.8) is 0 Å². The van der Waals surface area contributed by atoms with E-state index in [-0.39, 0.29) is 0 Å². The van der Waals surface area contributed by atoms with Crippen LogP contribution in [0, 0.1) is 5.41 Å². The molecule has 2 rings (SSSR count). The zero-order valence-corrected chi connectivity index (χ0v) is 11.7. The van der Waals surface area contributed by atoms with Crippen LogP contribution in [-0.4, -0.2) is 50.3 Å². The molecule has 100 valence electrons. The number of nitrogens with one attached hydrogen (secondary N) is 1. The molecule has 1 aliphatic carbocycles. The number of nitrogens with zero attached hydrogens (tertiary/aromatic N) is 1. The van der Waals surface area contributed by atoms with Gasteiger partial charge in [0.15, 0.2) is 0 Å². The minimum absolute atomic E-state index is 0.444. The minimum atomic E-state index is 0.444. The summed E-state index contributed by atoms with van der Waals surface area (Å²) in [6.07, 6.45) is 5.19. The highest BCUT2D eigenvalue weighted by molar-refractivity contribution is 4.91. The lowest BCUT2D eigenvalue weighted by Gasteiger charge is -2.41. The lowest BCUT2D eigenvalue weighted by atomic mass is 9.79. The molecular weight excluding hydrogens is 212 g/mol. The fraction of sp³-hybridized carbons (Fsp3) is 1.00. The summed E-state index contributed by atoms with van der Waals surface area (Å²) in [7, 11) is 2.25. The smallest absolute Gasteiger partial charge is 0.0472 e. The van der Waals surface area contributed by atoms with E-state index in [2.05, 4.69) is 31.1 Å². The van der Waals surface area contributed by atoms with E-state index < -0.39 is 0 Å². The Balaban J connectivity index is 1.89. The van der Waals surface area contributed by atoms with Gasteiger partial charge in [-0.25, -0.2) is 0 Å². The van der Waals surface area contributed by atoms with Gasteiger partial charge in [0, 0.05) is 38.4 Å². The maximum Gasteiger partial charge on any atom is 0.0472 e. The summed E-state index contributed by atoms with van der Waals surface area (Å²) in [6, 6.07) is 1.45. The summed E-state index contributed by atoms with van der Waals surface area (Å²) in [6.45, 7) is 8.82. The topological polar surface area (TPSA) is 24.5 Å². The van der Waals surface area contributed by atoms with Gasteiger partial charge in [0.05, 0.1) is 0 Å². The average molecular weight is 240 g/mol. The molecule has 0 radical (unpaired) electrons. The van der Waals surface area contributed by atoms with Crippen LogP contribution in [0.2, 0.25) is 0 Å². The van der Waals surface area contributed by atoms with Gasteiger partial charge in [0.25, 0.3) is 0 Å². The van der Waals surface area contributed by atoms with Crippen LogP contribution in [0.1, 0.15) is 39.5 Å². The molecule has 0 aromatic rings. The van der Waals surface area contributed by atoms with Crippen molar-refractivity contribution in [3.8, 4) is 0 Å². The Morgan fingerprint density at radius 3 is 2.47 bits per heavy atom. The summed E-state index contributed by atoms with van der Waals surface area (Å²) < 4.78 is 5.54. The van der Waals surface area contributed by atoms with Crippen molar-refractivity contribution in [2.24, 2.45) is 5.41 Å². The quantitative estimate of drug-likeness (QED) is 0.767. The van der Waals surface area contributed by atoms with E-state index in [9.17, 15) is 0 Å². The van der Waals surface area contributed by atoms with Gasteiger partial charge >= 0.3 is 0 Å². The first-order chi connectivity index (χ1) is 8.11. The lowest BCUT2D eigenvalue weighted by Crippen LogP contribution is -2.48. The molecule has 0 aromatic heterocycles. The third-order valence-corrected chi connectivity index (χ3v) is 4.36. The second-order valence-electron chi connectivity index (χ2n) is 6.28. The molecule has 2 fully saturated rings. The summed E-state index contributed by atoms with van der Waals surface area (Å²) in [5.74, 6) is 0. The van der Waals surface area contributed by atoms with E-state index in [1.165, 1.54) is 38.8 Å². The van der Waals surface area contributed by atoms with Gasteiger partial charge in [0.2, 0.25) is 0 Å². The Morgan fingerprint density at radius 1 is 1.29 bits per heavy atom. The second kappa shape index (κ2) is 5.68. The first kappa shape index (κ1) is 13.3. The molecule has 2 aliphatic rings. The van der Waals surface area contributed by atoms with Gasteiger partial charge in [0.1, 0.15) is 0 Å². The first-order valence-electron chi connectivity index (χ1n) is 7.13. The van der Waals surface area contributed by atoms with Gasteiger partial charge in [-0.15, -0.1) is 0 Å². The summed E-state index contributed by atoms with van der Waals surface area (Å²) in [5, 5.41) is 3.73. The maximum absolute atomic E-state index is 5.54. The van der Waals surface area contributed by atoms with Crippen molar-refractivity contribution in [2.75, 3.05) is 33.4 Å². The van der Waals surface area contributed by atoms with Crippen molar-refractivity contribution >= 4 is 0 Å². The minimum Gasteiger partial charge on any atom is -0.381 e. The molecule has 0 spiro atoms. The molecule has 0 aromatic carbocycles. The zero-order valence-electron chi connectivity index (χ0n) is 11.7. The van der Waals surface area contributed by atoms with Crippen LogP contribution in [0.25, 0.3) is 0 Å². The number of hydrogen-bond donors (Lipinski definition) is 1. The normalized spacial score (nSPS) is 24.5. The van der Waals surface area contributed by atoms with E-state index >= 15 is 0 Å². The number of ether oxygens (including phenoxy) is 1. The van der Waals surface area contributed by atoms with Gasteiger partial charge in [-0.3, -0.25) is 0 Å². The monoisotopic (exact) mass is 240 g/mol. The molecule has 0 atom stereocenters. The van der Waals surface area contributed by atoms with Crippen LogP contribution in [0.5, 0.6) is 0 Å². The molecule has 3 nitrogen and oxygen atoms in total. The molecule has 1 saturated heterocycles. The molecule has 1 N–H and O–H groups in total. The van der Waals surface area contributed by atoms with E-state index in [0.717, 1.165) is 19.3 Å². The largest absolute Gasteiger partial charge is 0.381 e. The van der Waals surface area contributed by atoms with Crippen LogP contribution in [0.3, 0.4) is 0 Å². The average Bonchev–Trinajstić information content (AvgIpc) is 3.11. The SMILES string of the molecule is CC(C)N(C)CC1(CNC2CC2)CCOCC1. The van der Waals surface area contributed by atoms with Gasteiger partial charge in [-0.05, 0) is 52.0 Å². The zero-order chi connectivity index (χ0) is 12.3. The van der Waals surface area contributed by atoms with E-state index in [1.54, 1.807) is 0 Å². The van der Waals surface area contributed by atoms with Crippen molar-refractivity contribution in [2.45, 2.75) is 51.6 Å². The van der Waals surface area contributed by atoms with Crippen LogP contribution >= 0.6 is 0 Å². The maximum atomic E-state index is 5.54. The van der Waals surface area contributed by atoms with Crippen LogP contribution in [0.4, 0.5) is 0 Å². The van der Waals surface area contributed by atoms with Crippen LogP contribution < -0.4 is 5.32 Å². The third kappa shape index (κ3) is 3.94. The highest BCUT2D eigenvalue weighted by Gasteiger charge is 2.35. The molecule has 1 saturated carbocycles. The predicted octanol–water partition coefficient (Wildman–Crippen LogP) is 1.88. The molecule has 1 heterocycles. The fourth-order valence-electron chi connectivity index (χ4n) is 2.56. The predicted molar refractivity (Wildman–Crippen MR) is 71.3 cm³/mol. The molecule has 0 unspecified atom stereocenters. The molecule has 1 aliphatic heterocycles. The second-order valence-corrected chi connectivity index (χ2v) is 6.28.